The molecule has 9 heteroatoms. The summed E-state index contributed by atoms with van der Waals surface area (Å²) < 4.78 is 11.0. The summed E-state index contributed by atoms with van der Waals surface area (Å²) in [6.45, 7) is 2.46. The third-order valence-corrected chi connectivity index (χ3v) is 6.31. The van der Waals surface area contributed by atoms with Crippen LogP contribution in [-0.2, 0) is 14.4 Å². The van der Waals surface area contributed by atoms with Crippen molar-refractivity contribution in [2.45, 2.75) is 64.0 Å². The second-order valence-corrected chi connectivity index (χ2v) is 8.91. The SMILES string of the molecule is C[C@@H](C[C@@H](C=O)NC(=O)[C@H](CC1CCCCC1)NC(=O)c1ccc2c(c1)OCCO2)C(N)=O.[HH].[HH]. The number of primary amides is 1. The Kier molecular flexibility index (Phi) is 8.68. The van der Waals surface area contributed by atoms with Crippen molar-refractivity contribution >= 4 is 24.0 Å². The van der Waals surface area contributed by atoms with Crippen LogP contribution in [0.5, 0.6) is 11.5 Å². The van der Waals surface area contributed by atoms with Gasteiger partial charge in [0.25, 0.3) is 5.91 Å². The number of carbonyl (C=O) groups is 4. The van der Waals surface area contributed by atoms with E-state index < -0.39 is 35.7 Å². The van der Waals surface area contributed by atoms with Crippen LogP contribution in [0.3, 0.4) is 0 Å². The van der Waals surface area contributed by atoms with Crippen LogP contribution in [0.4, 0.5) is 0 Å². The predicted octanol–water partition coefficient (Wildman–Crippen LogP) is 2.21. The highest BCUT2D eigenvalue weighted by Crippen LogP contribution is 2.31. The molecule has 3 rings (SSSR count). The van der Waals surface area contributed by atoms with E-state index in [1.807, 2.05) is 0 Å². The lowest BCUT2D eigenvalue weighted by molar-refractivity contribution is -0.127. The lowest BCUT2D eigenvalue weighted by Crippen LogP contribution is -2.51. The zero-order chi connectivity index (χ0) is 23.8. The summed E-state index contributed by atoms with van der Waals surface area (Å²) >= 11 is 0. The van der Waals surface area contributed by atoms with E-state index in [1.165, 1.54) is 6.42 Å². The number of fused-ring (bicyclic) bond motifs is 1. The fourth-order valence-electron chi connectivity index (χ4n) is 4.34. The van der Waals surface area contributed by atoms with Crippen LogP contribution in [0.2, 0.25) is 0 Å². The summed E-state index contributed by atoms with van der Waals surface area (Å²) in [5.74, 6) is -0.577. The molecule has 0 aromatic heterocycles. The highest BCUT2D eigenvalue weighted by Gasteiger charge is 2.29. The van der Waals surface area contributed by atoms with Crippen LogP contribution in [0.15, 0.2) is 18.2 Å². The van der Waals surface area contributed by atoms with E-state index >= 15 is 0 Å². The standard InChI is InChI=1S/C24H33N3O6.2H2/c1-15(22(25)29)11-18(14-28)26-24(31)19(12-16-5-3-2-4-6-16)27-23(30)17-7-8-20-21(13-17)33-10-9-32-20;;/h7-8,13-16,18-19H,2-6,9-12H2,1H3,(H2,25,29)(H,26,31)(H,27,30);2*1H/t15-,18-,19-;;/m0../s1. The van der Waals surface area contributed by atoms with Gasteiger partial charge in [-0.05, 0) is 37.0 Å². The lowest BCUT2D eigenvalue weighted by Gasteiger charge is -2.28. The second-order valence-electron chi connectivity index (χ2n) is 8.91. The third kappa shape index (κ3) is 6.94. The van der Waals surface area contributed by atoms with Gasteiger partial charge in [-0.1, -0.05) is 39.0 Å². The van der Waals surface area contributed by atoms with Crippen molar-refractivity contribution in [1.82, 2.24) is 10.6 Å². The van der Waals surface area contributed by atoms with E-state index in [0.29, 0.717) is 48.9 Å². The molecule has 0 bridgehead atoms. The Morgan fingerprint density at radius 2 is 1.82 bits per heavy atom. The molecular weight excluding hydrogens is 426 g/mol. The maximum absolute atomic E-state index is 13.1. The van der Waals surface area contributed by atoms with Crippen LogP contribution >= 0.6 is 0 Å². The molecule has 1 aliphatic heterocycles. The van der Waals surface area contributed by atoms with Gasteiger partial charge in [0.1, 0.15) is 25.5 Å². The van der Waals surface area contributed by atoms with Gasteiger partial charge in [0.05, 0.1) is 6.04 Å². The molecule has 1 aromatic carbocycles. The number of hydrogen-bond acceptors (Lipinski definition) is 6. The predicted molar refractivity (Wildman–Crippen MR) is 125 cm³/mol. The maximum atomic E-state index is 13.1. The smallest absolute Gasteiger partial charge is 0.252 e. The van der Waals surface area contributed by atoms with Gasteiger partial charge in [-0.25, -0.2) is 0 Å². The molecule has 1 heterocycles. The molecule has 1 fully saturated rings. The maximum Gasteiger partial charge on any atom is 0.252 e. The molecule has 0 radical (unpaired) electrons. The van der Waals surface area contributed by atoms with Gasteiger partial charge in [0, 0.05) is 14.3 Å². The first-order valence-electron chi connectivity index (χ1n) is 11.6. The summed E-state index contributed by atoms with van der Waals surface area (Å²) in [5.41, 5.74) is 5.64. The lowest BCUT2D eigenvalue weighted by atomic mass is 9.84. The molecule has 3 atom stereocenters. The summed E-state index contributed by atoms with van der Waals surface area (Å²) in [4.78, 5) is 48.9. The van der Waals surface area contributed by atoms with Crippen LogP contribution in [-0.4, -0.2) is 49.3 Å². The third-order valence-electron chi connectivity index (χ3n) is 6.31. The number of carbonyl (C=O) groups excluding carboxylic acids is 4. The number of amides is 3. The Balaban J connectivity index is 0.00000306. The average Bonchev–Trinajstić information content (AvgIpc) is 2.83. The van der Waals surface area contributed by atoms with Crippen LogP contribution in [0, 0.1) is 11.8 Å². The van der Waals surface area contributed by atoms with Crippen molar-refractivity contribution in [1.29, 1.82) is 0 Å². The van der Waals surface area contributed by atoms with E-state index in [2.05, 4.69) is 10.6 Å². The monoisotopic (exact) mass is 463 g/mol. The van der Waals surface area contributed by atoms with Crippen molar-refractivity contribution in [2.75, 3.05) is 13.2 Å². The number of nitrogens with two attached hydrogens (primary N) is 1. The molecule has 2 aliphatic rings. The molecule has 0 unspecified atom stereocenters. The minimum atomic E-state index is -0.861. The number of hydrogen-bond donors (Lipinski definition) is 3. The highest BCUT2D eigenvalue weighted by molar-refractivity contribution is 5.98. The molecule has 0 spiro atoms. The van der Waals surface area contributed by atoms with Crippen molar-refractivity contribution < 1.29 is 31.5 Å². The van der Waals surface area contributed by atoms with Crippen molar-refractivity contribution in [3.8, 4) is 11.5 Å². The Bertz CT molecular complexity index is 879. The molecule has 33 heavy (non-hydrogen) atoms. The van der Waals surface area contributed by atoms with Gasteiger partial charge in [-0.3, -0.25) is 14.4 Å². The summed E-state index contributed by atoms with van der Waals surface area (Å²) in [6, 6.07) is 3.23. The number of ether oxygens (including phenoxy) is 2. The molecule has 3 amide bonds. The first-order valence-corrected chi connectivity index (χ1v) is 11.6. The van der Waals surface area contributed by atoms with Gasteiger partial charge in [0.15, 0.2) is 11.5 Å². The van der Waals surface area contributed by atoms with Crippen molar-refractivity contribution in [3.05, 3.63) is 23.8 Å². The first kappa shape index (κ1) is 24.5. The average molecular weight is 464 g/mol. The molecular formula is C24H37N3O6. The van der Waals surface area contributed by atoms with E-state index in [4.69, 9.17) is 15.2 Å². The van der Waals surface area contributed by atoms with Gasteiger partial charge in [-0.2, -0.15) is 0 Å². The van der Waals surface area contributed by atoms with Crippen molar-refractivity contribution in [3.63, 3.8) is 0 Å². The minimum absolute atomic E-state index is 0. The second kappa shape index (κ2) is 11.7. The van der Waals surface area contributed by atoms with E-state index in [1.54, 1.807) is 25.1 Å². The number of aldehydes is 1. The Morgan fingerprint density at radius 3 is 2.48 bits per heavy atom. The zero-order valence-corrected chi connectivity index (χ0v) is 19.0. The number of benzene rings is 1. The molecule has 9 nitrogen and oxygen atoms in total. The summed E-state index contributed by atoms with van der Waals surface area (Å²) in [7, 11) is 0. The Labute approximate surface area is 196 Å². The van der Waals surface area contributed by atoms with Crippen LogP contribution < -0.4 is 25.8 Å². The number of rotatable bonds is 10. The molecule has 1 aromatic rings. The molecule has 184 valence electrons. The summed E-state index contributed by atoms with van der Waals surface area (Å²) in [6.07, 6.45) is 6.56. The Hall–Kier alpha value is -3.10. The van der Waals surface area contributed by atoms with Gasteiger partial charge in [0.2, 0.25) is 11.8 Å². The first-order chi connectivity index (χ1) is 15.9. The number of nitrogens with one attached hydrogen (secondary N) is 2. The van der Waals surface area contributed by atoms with Gasteiger partial charge in [-0.15, -0.1) is 0 Å². The molecule has 1 saturated carbocycles. The van der Waals surface area contributed by atoms with Crippen LogP contribution in [0.25, 0.3) is 0 Å². The Morgan fingerprint density at radius 1 is 1.12 bits per heavy atom. The van der Waals surface area contributed by atoms with Gasteiger partial charge >= 0.3 is 0 Å². The normalized spacial score (nSPS) is 18.5. The molecule has 4 N–H and O–H groups in total. The largest absolute Gasteiger partial charge is 0.486 e. The quantitative estimate of drug-likeness (QED) is 0.455. The fourth-order valence-corrected chi connectivity index (χ4v) is 4.34. The van der Waals surface area contributed by atoms with Gasteiger partial charge < -0.3 is 30.6 Å². The van der Waals surface area contributed by atoms with E-state index in [-0.39, 0.29) is 9.27 Å². The zero-order valence-electron chi connectivity index (χ0n) is 19.0. The van der Waals surface area contributed by atoms with Crippen molar-refractivity contribution in [2.24, 2.45) is 17.6 Å². The van der Waals surface area contributed by atoms with E-state index in [9.17, 15) is 19.2 Å². The van der Waals surface area contributed by atoms with Crippen LogP contribution in [0.1, 0.15) is 65.1 Å². The van der Waals surface area contributed by atoms with E-state index in [0.717, 1.165) is 25.7 Å². The topological polar surface area (TPSA) is 137 Å². The molecule has 1 aliphatic carbocycles. The summed E-state index contributed by atoms with van der Waals surface area (Å²) in [5, 5.41) is 5.51. The minimum Gasteiger partial charge on any atom is -0.486 e. The molecule has 0 saturated heterocycles. The highest BCUT2D eigenvalue weighted by atomic mass is 16.6. The fraction of sp³-hybridized carbons (Fsp3) is 0.583.